The second-order valence-electron chi connectivity index (χ2n) is 6.98. The molecule has 25 heavy (non-hydrogen) atoms. The van der Waals surface area contributed by atoms with Gasteiger partial charge in [0.05, 0.1) is 6.42 Å². The average molecular weight is 342 g/mol. The zero-order valence-corrected chi connectivity index (χ0v) is 14.9. The van der Waals surface area contributed by atoms with Crippen LogP contribution < -0.4 is 5.32 Å². The highest BCUT2D eigenvalue weighted by Gasteiger charge is 2.24. The highest BCUT2D eigenvalue weighted by molar-refractivity contribution is 5.89. The first kappa shape index (κ1) is 17.3. The smallest absolute Gasteiger partial charge is 0.317 e. The predicted molar refractivity (Wildman–Crippen MR) is 98.4 cm³/mol. The van der Waals surface area contributed by atoms with E-state index < -0.39 is 0 Å². The van der Waals surface area contributed by atoms with Crippen molar-refractivity contribution in [3.05, 3.63) is 36.0 Å². The normalized spacial score (nSPS) is 15.0. The number of benzene rings is 1. The van der Waals surface area contributed by atoms with E-state index in [0.29, 0.717) is 45.1 Å². The molecule has 1 aliphatic rings. The summed E-state index contributed by atoms with van der Waals surface area (Å²) in [5.74, 6) is 0.551. The lowest BCUT2D eigenvalue weighted by Gasteiger charge is -2.35. The molecule has 6 nitrogen and oxygen atoms in total. The maximum Gasteiger partial charge on any atom is 0.317 e. The number of aromatic amines is 1. The van der Waals surface area contributed by atoms with E-state index in [1.54, 1.807) is 4.90 Å². The van der Waals surface area contributed by atoms with Gasteiger partial charge in [-0.2, -0.15) is 0 Å². The first-order valence-corrected chi connectivity index (χ1v) is 8.90. The third kappa shape index (κ3) is 4.13. The Morgan fingerprint density at radius 3 is 2.52 bits per heavy atom. The summed E-state index contributed by atoms with van der Waals surface area (Å²) in [6.07, 6.45) is 2.31. The molecule has 134 valence electrons. The number of nitrogens with zero attached hydrogens (tertiary/aromatic N) is 2. The lowest BCUT2D eigenvalue weighted by molar-refractivity contribution is -0.131. The molecule has 0 saturated carbocycles. The fourth-order valence-corrected chi connectivity index (χ4v) is 3.11. The number of hydrogen-bond acceptors (Lipinski definition) is 2. The predicted octanol–water partition coefficient (Wildman–Crippen LogP) is 2.22. The number of aromatic nitrogens is 1. The molecule has 0 spiro atoms. The van der Waals surface area contributed by atoms with E-state index in [2.05, 4.69) is 24.1 Å². The molecular formula is C19H26N4O2. The minimum atomic E-state index is -0.0302. The van der Waals surface area contributed by atoms with Gasteiger partial charge < -0.3 is 20.1 Å². The van der Waals surface area contributed by atoms with Crippen LogP contribution in [0.3, 0.4) is 0 Å². The monoisotopic (exact) mass is 342 g/mol. The van der Waals surface area contributed by atoms with Gasteiger partial charge in [0.25, 0.3) is 0 Å². The van der Waals surface area contributed by atoms with Gasteiger partial charge in [0.1, 0.15) is 0 Å². The van der Waals surface area contributed by atoms with Gasteiger partial charge in [-0.05, 0) is 17.5 Å². The number of fused-ring (bicyclic) bond motifs is 1. The third-order valence-corrected chi connectivity index (χ3v) is 4.60. The molecule has 6 heteroatoms. The van der Waals surface area contributed by atoms with Crippen LogP contribution in [-0.2, 0) is 11.2 Å². The molecule has 0 bridgehead atoms. The molecule has 2 aromatic rings. The zero-order valence-electron chi connectivity index (χ0n) is 14.9. The number of carbonyl (C=O) groups is 2. The van der Waals surface area contributed by atoms with Crippen molar-refractivity contribution >= 4 is 22.8 Å². The van der Waals surface area contributed by atoms with E-state index in [1.165, 1.54) is 0 Å². The fraction of sp³-hybridized carbons (Fsp3) is 0.474. The largest absolute Gasteiger partial charge is 0.361 e. The molecule has 3 amide bonds. The van der Waals surface area contributed by atoms with Crippen LogP contribution in [0.5, 0.6) is 0 Å². The molecular weight excluding hydrogens is 316 g/mol. The van der Waals surface area contributed by atoms with Crippen LogP contribution >= 0.6 is 0 Å². The van der Waals surface area contributed by atoms with Gasteiger partial charge in [-0.1, -0.05) is 32.0 Å². The number of carbonyl (C=O) groups excluding carboxylic acids is 2. The molecule has 0 atom stereocenters. The van der Waals surface area contributed by atoms with E-state index >= 15 is 0 Å². The molecule has 0 unspecified atom stereocenters. The lowest BCUT2D eigenvalue weighted by atomic mass is 10.1. The molecule has 1 aromatic carbocycles. The van der Waals surface area contributed by atoms with Gasteiger partial charge >= 0.3 is 6.03 Å². The minimum Gasteiger partial charge on any atom is -0.361 e. The number of urea groups is 1. The van der Waals surface area contributed by atoms with Gasteiger partial charge in [-0.15, -0.1) is 0 Å². The number of rotatable bonds is 4. The maximum atomic E-state index is 12.6. The van der Waals surface area contributed by atoms with E-state index in [-0.39, 0.29) is 11.9 Å². The first-order valence-electron chi connectivity index (χ1n) is 8.90. The number of piperazine rings is 1. The summed E-state index contributed by atoms with van der Waals surface area (Å²) in [6, 6.07) is 7.98. The van der Waals surface area contributed by atoms with E-state index in [9.17, 15) is 9.59 Å². The zero-order chi connectivity index (χ0) is 17.8. The molecule has 1 fully saturated rings. The van der Waals surface area contributed by atoms with Gasteiger partial charge in [0.15, 0.2) is 0 Å². The van der Waals surface area contributed by atoms with Crippen LogP contribution in [0, 0.1) is 5.92 Å². The van der Waals surface area contributed by atoms with Crippen molar-refractivity contribution in [1.29, 1.82) is 0 Å². The first-order chi connectivity index (χ1) is 12.0. The Balaban J connectivity index is 1.52. The van der Waals surface area contributed by atoms with Gasteiger partial charge in [0, 0.05) is 49.8 Å². The molecule has 2 N–H and O–H groups in total. The second kappa shape index (κ2) is 7.59. The van der Waals surface area contributed by atoms with Crippen molar-refractivity contribution in [2.24, 2.45) is 5.92 Å². The van der Waals surface area contributed by atoms with Gasteiger partial charge in [-0.25, -0.2) is 4.79 Å². The van der Waals surface area contributed by atoms with Crippen LogP contribution in [0.25, 0.3) is 10.9 Å². The molecule has 2 heterocycles. The average Bonchev–Trinajstić information content (AvgIpc) is 3.03. The SMILES string of the molecule is CC(C)CNC(=O)N1CCN(C(=O)Cc2c[nH]c3ccccc23)CC1. The standard InChI is InChI=1S/C19H26N4O2/c1-14(2)12-21-19(25)23-9-7-22(8-10-23)18(24)11-15-13-20-17-6-4-3-5-16(15)17/h3-6,13-14,20H,7-12H2,1-2H3,(H,21,25). The quantitative estimate of drug-likeness (QED) is 0.894. The second-order valence-corrected chi connectivity index (χ2v) is 6.98. The summed E-state index contributed by atoms with van der Waals surface area (Å²) < 4.78 is 0. The van der Waals surface area contributed by atoms with E-state index in [4.69, 9.17) is 0 Å². The van der Waals surface area contributed by atoms with Crippen LogP contribution in [0.1, 0.15) is 19.4 Å². The van der Waals surface area contributed by atoms with Crippen molar-refractivity contribution in [2.45, 2.75) is 20.3 Å². The van der Waals surface area contributed by atoms with Crippen molar-refractivity contribution < 1.29 is 9.59 Å². The summed E-state index contributed by atoms with van der Waals surface area (Å²) in [6.45, 7) is 7.18. The van der Waals surface area contributed by atoms with Crippen molar-refractivity contribution in [3.63, 3.8) is 0 Å². The van der Waals surface area contributed by atoms with Crippen LogP contribution in [0.15, 0.2) is 30.5 Å². The van der Waals surface area contributed by atoms with Crippen LogP contribution in [0.4, 0.5) is 4.79 Å². The molecule has 1 saturated heterocycles. The molecule has 3 rings (SSSR count). The number of nitrogens with one attached hydrogen (secondary N) is 2. The Labute approximate surface area is 148 Å². The number of para-hydroxylation sites is 1. The van der Waals surface area contributed by atoms with Crippen LogP contribution in [0.2, 0.25) is 0 Å². The Bertz CT molecular complexity index is 745. The van der Waals surface area contributed by atoms with Crippen LogP contribution in [-0.4, -0.2) is 59.4 Å². The highest BCUT2D eigenvalue weighted by atomic mass is 16.2. The Hall–Kier alpha value is -2.50. The Morgan fingerprint density at radius 1 is 1.12 bits per heavy atom. The molecule has 0 aliphatic carbocycles. The summed E-state index contributed by atoms with van der Waals surface area (Å²) >= 11 is 0. The van der Waals surface area contributed by atoms with Crippen molar-refractivity contribution in [1.82, 2.24) is 20.1 Å². The molecule has 0 radical (unpaired) electrons. The number of hydrogen-bond donors (Lipinski definition) is 2. The third-order valence-electron chi connectivity index (χ3n) is 4.60. The molecule has 1 aromatic heterocycles. The Morgan fingerprint density at radius 2 is 1.80 bits per heavy atom. The van der Waals surface area contributed by atoms with E-state index in [0.717, 1.165) is 16.5 Å². The Kier molecular flexibility index (Phi) is 5.26. The maximum absolute atomic E-state index is 12.6. The summed E-state index contributed by atoms with van der Waals surface area (Å²) in [5, 5.41) is 4.03. The topological polar surface area (TPSA) is 68.4 Å². The number of H-pyrrole nitrogens is 1. The van der Waals surface area contributed by atoms with Crippen molar-refractivity contribution in [2.75, 3.05) is 32.7 Å². The van der Waals surface area contributed by atoms with Gasteiger partial charge in [0.2, 0.25) is 5.91 Å². The molecule has 1 aliphatic heterocycles. The summed E-state index contributed by atoms with van der Waals surface area (Å²) in [5.41, 5.74) is 2.08. The minimum absolute atomic E-state index is 0.0302. The highest BCUT2D eigenvalue weighted by Crippen LogP contribution is 2.19. The summed E-state index contributed by atoms with van der Waals surface area (Å²) in [7, 11) is 0. The number of amides is 3. The summed E-state index contributed by atoms with van der Waals surface area (Å²) in [4.78, 5) is 31.5. The lowest BCUT2D eigenvalue weighted by Crippen LogP contribution is -2.53. The van der Waals surface area contributed by atoms with Gasteiger partial charge in [-0.3, -0.25) is 4.79 Å². The fourth-order valence-electron chi connectivity index (χ4n) is 3.11. The van der Waals surface area contributed by atoms with E-state index in [1.807, 2.05) is 35.4 Å². The van der Waals surface area contributed by atoms with Crippen molar-refractivity contribution in [3.8, 4) is 0 Å².